The van der Waals surface area contributed by atoms with Gasteiger partial charge in [0.15, 0.2) is 6.10 Å². The lowest BCUT2D eigenvalue weighted by atomic mass is 9.90. The van der Waals surface area contributed by atoms with Gasteiger partial charge in [-0.25, -0.2) is 9.96 Å². The van der Waals surface area contributed by atoms with Crippen LogP contribution in [-0.4, -0.2) is 30.0 Å². The lowest BCUT2D eigenvalue weighted by Gasteiger charge is -2.29. The van der Waals surface area contributed by atoms with Gasteiger partial charge in [0.05, 0.1) is 33.9 Å². The second-order valence-corrected chi connectivity index (χ2v) is 9.86. The predicted molar refractivity (Wildman–Crippen MR) is 144 cm³/mol. The molecule has 2 aliphatic rings. The van der Waals surface area contributed by atoms with Gasteiger partial charge in [-0.15, -0.1) is 0 Å². The van der Waals surface area contributed by atoms with E-state index in [2.05, 4.69) is 15.9 Å². The molecule has 0 radical (unpaired) electrons. The number of hydrogen-bond acceptors (Lipinski definition) is 7. The Morgan fingerprint density at radius 1 is 0.947 bits per heavy atom. The minimum absolute atomic E-state index is 0.132. The highest BCUT2D eigenvalue weighted by molar-refractivity contribution is 9.10. The fraction of sp³-hybridized carbons (Fsp3) is 0.143. The van der Waals surface area contributed by atoms with Crippen LogP contribution in [0.25, 0.3) is 10.8 Å². The minimum Gasteiger partial charge on any atom is -0.496 e. The molecule has 0 aromatic heterocycles. The molecule has 9 nitrogen and oxygen atoms in total. The molecule has 2 aliphatic heterocycles. The normalized spacial score (nSPS) is 20.7. The zero-order chi connectivity index (χ0) is 26.6. The van der Waals surface area contributed by atoms with Gasteiger partial charge in [0.25, 0.3) is 11.6 Å². The smallest absolute Gasteiger partial charge is 0.271 e. The van der Waals surface area contributed by atoms with E-state index in [1.807, 2.05) is 30.3 Å². The highest BCUT2D eigenvalue weighted by atomic mass is 79.9. The molecule has 3 atom stereocenters. The molecule has 38 heavy (non-hydrogen) atoms. The maximum Gasteiger partial charge on any atom is 0.271 e. The molecular formula is C28H20BrN3O6. The lowest BCUT2D eigenvalue weighted by Crippen LogP contribution is -2.37. The SMILES string of the molecule is COc1ccc(C2C3C(=O)N(c4cccc5ccccc45)C(=O)C3ON2c2cccc([N+](=O)[O-])c2)cc1Br. The number of nitro benzene ring substituents is 1. The van der Waals surface area contributed by atoms with Crippen LogP contribution in [0.1, 0.15) is 11.6 Å². The Labute approximate surface area is 225 Å². The summed E-state index contributed by atoms with van der Waals surface area (Å²) in [6.07, 6.45) is -1.10. The molecule has 0 saturated carbocycles. The number of ether oxygens (including phenoxy) is 1. The van der Waals surface area contributed by atoms with Crippen LogP contribution in [0.2, 0.25) is 0 Å². The van der Waals surface area contributed by atoms with Crippen molar-refractivity contribution in [3.05, 3.63) is 105 Å². The Hall–Kier alpha value is -4.28. The lowest BCUT2D eigenvalue weighted by molar-refractivity contribution is -0.384. The average Bonchev–Trinajstić information content (AvgIpc) is 3.44. The van der Waals surface area contributed by atoms with Gasteiger partial charge in [-0.05, 0) is 51.1 Å². The number of anilines is 2. The van der Waals surface area contributed by atoms with E-state index in [0.717, 1.165) is 10.8 Å². The zero-order valence-electron chi connectivity index (χ0n) is 20.0. The molecule has 3 unspecified atom stereocenters. The van der Waals surface area contributed by atoms with Crippen LogP contribution in [0.5, 0.6) is 5.75 Å². The molecule has 6 rings (SSSR count). The third-order valence-electron chi connectivity index (χ3n) is 6.94. The highest BCUT2D eigenvalue weighted by Gasteiger charge is 2.60. The Morgan fingerprint density at radius 2 is 1.71 bits per heavy atom. The van der Waals surface area contributed by atoms with Crippen LogP contribution in [0.3, 0.4) is 0 Å². The summed E-state index contributed by atoms with van der Waals surface area (Å²) >= 11 is 3.50. The number of rotatable bonds is 5. The molecule has 2 fully saturated rings. The highest BCUT2D eigenvalue weighted by Crippen LogP contribution is 2.49. The second-order valence-electron chi connectivity index (χ2n) is 9.00. The fourth-order valence-electron chi connectivity index (χ4n) is 5.23. The zero-order valence-corrected chi connectivity index (χ0v) is 21.6. The second kappa shape index (κ2) is 9.23. The van der Waals surface area contributed by atoms with Gasteiger partial charge < -0.3 is 4.74 Å². The molecule has 10 heteroatoms. The van der Waals surface area contributed by atoms with Gasteiger partial charge >= 0.3 is 0 Å². The number of halogens is 1. The van der Waals surface area contributed by atoms with Gasteiger partial charge in [0.2, 0.25) is 5.91 Å². The Bertz CT molecular complexity index is 1620. The topological polar surface area (TPSA) is 102 Å². The first-order valence-corrected chi connectivity index (χ1v) is 12.6. The minimum atomic E-state index is -1.10. The molecule has 2 heterocycles. The van der Waals surface area contributed by atoms with Crippen molar-refractivity contribution in [2.75, 3.05) is 17.1 Å². The summed E-state index contributed by atoms with van der Waals surface area (Å²) in [4.78, 5) is 46.1. The molecule has 190 valence electrons. The Balaban J connectivity index is 1.48. The molecule has 0 N–H and O–H groups in total. The van der Waals surface area contributed by atoms with Gasteiger partial charge in [-0.3, -0.25) is 24.5 Å². The number of hydrogen-bond donors (Lipinski definition) is 0. The molecule has 0 aliphatic carbocycles. The number of nitrogens with zero attached hydrogens (tertiary/aromatic N) is 3. The first kappa shape index (κ1) is 24.1. The van der Waals surface area contributed by atoms with Crippen molar-refractivity contribution in [2.24, 2.45) is 5.92 Å². The van der Waals surface area contributed by atoms with Crippen LogP contribution < -0.4 is 14.7 Å². The molecule has 0 bridgehead atoms. The van der Waals surface area contributed by atoms with E-state index in [-0.39, 0.29) is 5.69 Å². The quantitative estimate of drug-likeness (QED) is 0.175. The van der Waals surface area contributed by atoms with E-state index in [4.69, 9.17) is 9.57 Å². The number of non-ortho nitro benzene ring substituents is 1. The molecule has 4 aromatic rings. The van der Waals surface area contributed by atoms with Gasteiger partial charge in [-0.2, -0.15) is 0 Å². The largest absolute Gasteiger partial charge is 0.496 e. The van der Waals surface area contributed by atoms with Crippen molar-refractivity contribution in [3.63, 3.8) is 0 Å². The Kier molecular flexibility index (Phi) is 5.85. The van der Waals surface area contributed by atoms with Gasteiger partial charge in [-0.1, -0.05) is 48.5 Å². The number of benzene rings is 4. The predicted octanol–water partition coefficient (Wildman–Crippen LogP) is 5.57. The van der Waals surface area contributed by atoms with Crippen LogP contribution in [-0.2, 0) is 14.4 Å². The summed E-state index contributed by atoms with van der Waals surface area (Å²) < 4.78 is 6.02. The van der Waals surface area contributed by atoms with Crippen molar-refractivity contribution >= 4 is 55.6 Å². The van der Waals surface area contributed by atoms with Crippen molar-refractivity contribution in [3.8, 4) is 5.75 Å². The van der Waals surface area contributed by atoms with Crippen LogP contribution in [0.15, 0.2) is 89.4 Å². The molecule has 0 spiro atoms. The van der Waals surface area contributed by atoms with Gasteiger partial charge in [0, 0.05) is 17.5 Å². The number of carbonyl (C=O) groups excluding carboxylic acids is 2. The number of amides is 2. The van der Waals surface area contributed by atoms with Crippen molar-refractivity contribution in [2.45, 2.75) is 12.1 Å². The number of fused-ring (bicyclic) bond motifs is 2. The molecule has 2 saturated heterocycles. The summed E-state index contributed by atoms with van der Waals surface area (Å²) in [7, 11) is 1.55. The van der Waals surface area contributed by atoms with Crippen molar-refractivity contribution < 1.29 is 24.1 Å². The van der Waals surface area contributed by atoms with E-state index in [1.54, 1.807) is 43.5 Å². The molecule has 4 aromatic carbocycles. The van der Waals surface area contributed by atoms with Crippen molar-refractivity contribution in [1.82, 2.24) is 0 Å². The third kappa shape index (κ3) is 3.72. The number of nitro groups is 1. The monoisotopic (exact) mass is 573 g/mol. The third-order valence-corrected chi connectivity index (χ3v) is 7.56. The summed E-state index contributed by atoms with van der Waals surface area (Å²) in [5.74, 6) is -1.18. The van der Waals surface area contributed by atoms with E-state index < -0.39 is 34.8 Å². The molecule has 2 amide bonds. The van der Waals surface area contributed by atoms with E-state index in [9.17, 15) is 19.7 Å². The fourth-order valence-corrected chi connectivity index (χ4v) is 5.79. The average molecular weight is 574 g/mol. The Morgan fingerprint density at radius 3 is 2.47 bits per heavy atom. The standard InChI is InChI=1S/C28H20BrN3O6/c1-37-23-13-12-17(14-21(23)29)25-24-26(38-31(25)18-8-5-9-19(15-18)32(35)36)28(34)30(27(24)33)22-11-4-7-16-6-2-3-10-20(16)22/h2-15,24-26H,1H3. The number of hydroxylamine groups is 1. The van der Waals surface area contributed by atoms with Crippen molar-refractivity contribution in [1.29, 1.82) is 0 Å². The number of imide groups is 1. The van der Waals surface area contributed by atoms with Crippen LogP contribution in [0, 0.1) is 16.0 Å². The first-order chi connectivity index (χ1) is 18.4. The summed E-state index contributed by atoms with van der Waals surface area (Å²) in [6.45, 7) is 0. The summed E-state index contributed by atoms with van der Waals surface area (Å²) in [6, 6.07) is 23.6. The molecular weight excluding hydrogens is 554 g/mol. The van der Waals surface area contributed by atoms with Gasteiger partial charge in [0.1, 0.15) is 11.7 Å². The van der Waals surface area contributed by atoms with E-state index in [0.29, 0.717) is 27.2 Å². The number of carbonyl (C=O) groups is 2. The number of methoxy groups -OCH3 is 1. The maximum atomic E-state index is 14.0. The maximum absolute atomic E-state index is 14.0. The summed E-state index contributed by atoms with van der Waals surface area (Å²) in [5.41, 5.74) is 1.40. The van der Waals surface area contributed by atoms with Crippen LogP contribution >= 0.6 is 15.9 Å². The van der Waals surface area contributed by atoms with E-state index in [1.165, 1.54) is 28.2 Å². The van der Waals surface area contributed by atoms with E-state index >= 15 is 0 Å². The first-order valence-electron chi connectivity index (χ1n) is 11.8. The van der Waals surface area contributed by atoms with Crippen LogP contribution in [0.4, 0.5) is 17.1 Å². The summed E-state index contributed by atoms with van der Waals surface area (Å²) in [5, 5.41) is 14.6.